The zero-order chi connectivity index (χ0) is 9.42. The van der Waals surface area contributed by atoms with Gasteiger partial charge in [0.05, 0.1) is 0 Å². The molecule has 1 aliphatic heterocycles. The van der Waals surface area contributed by atoms with Crippen molar-refractivity contribution < 1.29 is 0 Å². The lowest BCUT2D eigenvalue weighted by molar-refractivity contribution is 0.0638. The molecule has 0 aromatic heterocycles. The Morgan fingerprint density at radius 1 is 0.846 bits per heavy atom. The van der Waals surface area contributed by atoms with Crippen LogP contribution in [0.1, 0.15) is 46.5 Å². The number of rotatable bonds is 0. The predicted molar refractivity (Wildman–Crippen MR) is 56.7 cm³/mol. The van der Waals surface area contributed by atoms with Crippen LogP contribution in [0.3, 0.4) is 0 Å². The first-order valence-electron chi connectivity index (χ1n) is 5.96. The zero-order valence-corrected chi connectivity index (χ0v) is 9.22. The highest BCUT2D eigenvalue weighted by atomic mass is 15.0. The van der Waals surface area contributed by atoms with Crippen molar-refractivity contribution in [2.75, 3.05) is 0 Å². The number of fused-ring (bicyclic) bond motifs is 1. The molecule has 0 radical (unpaired) electrons. The molecule has 0 amide bonds. The van der Waals surface area contributed by atoms with Crippen molar-refractivity contribution >= 4 is 0 Å². The van der Waals surface area contributed by atoms with Crippen LogP contribution in [0, 0.1) is 17.8 Å². The van der Waals surface area contributed by atoms with Crippen LogP contribution in [0.15, 0.2) is 0 Å². The van der Waals surface area contributed by atoms with Gasteiger partial charge in [-0.15, -0.1) is 0 Å². The van der Waals surface area contributed by atoms with Crippen molar-refractivity contribution in [3.8, 4) is 0 Å². The van der Waals surface area contributed by atoms with Crippen molar-refractivity contribution in [3.05, 3.63) is 0 Å². The number of piperidine rings is 1. The lowest BCUT2D eigenvalue weighted by Crippen LogP contribution is -2.54. The first-order valence-corrected chi connectivity index (χ1v) is 5.96. The molecular weight excluding hydrogens is 158 g/mol. The molecule has 5 unspecified atom stereocenters. The Balaban J connectivity index is 2.10. The van der Waals surface area contributed by atoms with Crippen LogP contribution in [-0.4, -0.2) is 12.1 Å². The molecule has 1 aliphatic carbocycles. The normalized spacial score (nSPS) is 51.5. The van der Waals surface area contributed by atoms with E-state index in [1.54, 1.807) is 0 Å². The number of hydrogen-bond donors (Lipinski definition) is 1. The zero-order valence-electron chi connectivity index (χ0n) is 9.22. The van der Waals surface area contributed by atoms with Gasteiger partial charge in [-0.1, -0.05) is 19.8 Å². The highest BCUT2D eigenvalue weighted by Gasteiger charge is 2.39. The van der Waals surface area contributed by atoms with Crippen LogP contribution in [0.5, 0.6) is 0 Å². The molecule has 1 heterocycles. The Kier molecular flexibility index (Phi) is 2.64. The van der Waals surface area contributed by atoms with E-state index in [-0.39, 0.29) is 0 Å². The van der Waals surface area contributed by atoms with Crippen molar-refractivity contribution in [2.24, 2.45) is 17.8 Å². The van der Waals surface area contributed by atoms with Gasteiger partial charge in [-0.2, -0.15) is 0 Å². The Morgan fingerprint density at radius 3 is 2.15 bits per heavy atom. The smallest absolute Gasteiger partial charge is 0.00723 e. The quantitative estimate of drug-likeness (QED) is 0.606. The number of nitrogens with one attached hydrogen (secondary N) is 1. The van der Waals surface area contributed by atoms with Crippen LogP contribution in [0.4, 0.5) is 0 Å². The third-order valence-electron chi connectivity index (χ3n) is 4.51. The van der Waals surface area contributed by atoms with E-state index in [2.05, 4.69) is 26.1 Å². The summed E-state index contributed by atoms with van der Waals surface area (Å²) in [5.41, 5.74) is 0. The molecule has 2 rings (SSSR count). The summed E-state index contributed by atoms with van der Waals surface area (Å²) in [6.45, 7) is 7.17. The minimum atomic E-state index is 0.731. The van der Waals surface area contributed by atoms with Gasteiger partial charge in [0.25, 0.3) is 0 Å². The van der Waals surface area contributed by atoms with Gasteiger partial charge < -0.3 is 5.32 Å². The Morgan fingerprint density at radius 2 is 1.46 bits per heavy atom. The molecule has 13 heavy (non-hydrogen) atoms. The molecule has 5 atom stereocenters. The van der Waals surface area contributed by atoms with Crippen LogP contribution in [0.25, 0.3) is 0 Å². The van der Waals surface area contributed by atoms with E-state index in [1.165, 1.54) is 25.7 Å². The highest BCUT2D eigenvalue weighted by molar-refractivity contribution is 4.93. The minimum absolute atomic E-state index is 0.731. The predicted octanol–water partition coefficient (Wildman–Crippen LogP) is 2.81. The first-order chi connectivity index (χ1) is 6.20. The molecule has 1 N–H and O–H groups in total. The van der Waals surface area contributed by atoms with Gasteiger partial charge in [0.2, 0.25) is 0 Å². The topological polar surface area (TPSA) is 12.0 Å². The summed E-state index contributed by atoms with van der Waals surface area (Å²) in [5.74, 6) is 2.88. The van der Waals surface area contributed by atoms with Gasteiger partial charge in [-0.3, -0.25) is 0 Å². The van der Waals surface area contributed by atoms with E-state index in [1.807, 2.05) is 0 Å². The molecular formula is C12H23N. The van der Waals surface area contributed by atoms with Crippen molar-refractivity contribution in [2.45, 2.75) is 58.5 Å². The summed E-state index contributed by atoms with van der Waals surface area (Å²) in [7, 11) is 0. The Bertz CT molecular complexity index is 178. The fraction of sp³-hybridized carbons (Fsp3) is 1.00. The molecule has 76 valence electrons. The maximum atomic E-state index is 3.73. The molecule has 2 aliphatic rings. The van der Waals surface area contributed by atoms with E-state index >= 15 is 0 Å². The van der Waals surface area contributed by atoms with Crippen LogP contribution < -0.4 is 5.32 Å². The van der Waals surface area contributed by atoms with Crippen LogP contribution in [-0.2, 0) is 0 Å². The second-order valence-electron chi connectivity index (χ2n) is 5.22. The summed E-state index contributed by atoms with van der Waals surface area (Å²) >= 11 is 0. The summed E-state index contributed by atoms with van der Waals surface area (Å²) in [6.07, 6.45) is 5.90. The average Bonchev–Trinajstić information content (AvgIpc) is 2.15. The molecule has 1 saturated heterocycles. The van der Waals surface area contributed by atoms with E-state index in [0.717, 1.165) is 29.8 Å². The Labute approximate surface area is 82.3 Å². The lowest BCUT2D eigenvalue weighted by Gasteiger charge is -2.47. The van der Waals surface area contributed by atoms with Gasteiger partial charge in [0, 0.05) is 12.1 Å². The highest BCUT2D eigenvalue weighted by Crippen LogP contribution is 2.41. The summed E-state index contributed by atoms with van der Waals surface area (Å²) in [6, 6.07) is 1.49. The van der Waals surface area contributed by atoms with Gasteiger partial charge >= 0.3 is 0 Å². The molecule has 1 nitrogen and oxygen atoms in total. The van der Waals surface area contributed by atoms with E-state index in [0.29, 0.717) is 0 Å². The van der Waals surface area contributed by atoms with Gasteiger partial charge in [0.15, 0.2) is 0 Å². The SMILES string of the molecule is CC1NC(C)C2CCCCC2C1C. The second kappa shape index (κ2) is 3.61. The van der Waals surface area contributed by atoms with Crippen LogP contribution >= 0.6 is 0 Å². The third kappa shape index (κ3) is 1.63. The fourth-order valence-corrected chi connectivity index (χ4v) is 3.52. The molecule has 2 fully saturated rings. The minimum Gasteiger partial charge on any atom is -0.311 e. The maximum Gasteiger partial charge on any atom is 0.00723 e. The van der Waals surface area contributed by atoms with Crippen molar-refractivity contribution in [3.63, 3.8) is 0 Å². The van der Waals surface area contributed by atoms with E-state index in [9.17, 15) is 0 Å². The summed E-state index contributed by atoms with van der Waals surface area (Å²) in [5, 5.41) is 3.73. The second-order valence-corrected chi connectivity index (χ2v) is 5.22. The maximum absolute atomic E-state index is 3.73. The molecule has 0 aromatic carbocycles. The molecule has 1 heteroatoms. The summed E-state index contributed by atoms with van der Waals surface area (Å²) in [4.78, 5) is 0. The number of hydrogen-bond acceptors (Lipinski definition) is 1. The van der Waals surface area contributed by atoms with E-state index in [4.69, 9.17) is 0 Å². The van der Waals surface area contributed by atoms with Gasteiger partial charge in [-0.25, -0.2) is 0 Å². The first kappa shape index (κ1) is 9.51. The Hall–Kier alpha value is -0.0400. The van der Waals surface area contributed by atoms with Gasteiger partial charge in [-0.05, 0) is 44.4 Å². The standard InChI is InChI=1S/C12H23N/c1-8-9(2)13-10(3)12-7-5-4-6-11(8)12/h8-13H,4-7H2,1-3H3. The fourth-order valence-electron chi connectivity index (χ4n) is 3.52. The lowest BCUT2D eigenvalue weighted by atomic mass is 9.66. The van der Waals surface area contributed by atoms with E-state index < -0.39 is 0 Å². The average molecular weight is 181 g/mol. The summed E-state index contributed by atoms with van der Waals surface area (Å²) < 4.78 is 0. The van der Waals surface area contributed by atoms with Crippen molar-refractivity contribution in [1.29, 1.82) is 0 Å². The third-order valence-corrected chi connectivity index (χ3v) is 4.51. The largest absolute Gasteiger partial charge is 0.311 e. The molecule has 0 bridgehead atoms. The molecule has 0 spiro atoms. The molecule has 1 saturated carbocycles. The molecule has 0 aromatic rings. The van der Waals surface area contributed by atoms with Crippen LogP contribution in [0.2, 0.25) is 0 Å². The van der Waals surface area contributed by atoms with Gasteiger partial charge in [0.1, 0.15) is 0 Å². The van der Waals surface area contributed by atoms with Crippen molar-refractivity contribution in [1.82, 2.24) is 5.32 Å². The monoisotopic (exact) mass is 181 g/mol.